The van der Waals surface area contributed by atoms with Crippen LogP contribution < -0.4 is 0 Å². The minimum atomic E-state index is -0.415. The molecule has 0 saturated carbocycles. The fourth-order valence-electron chi connectivity index (χ4n) is 1.87. The highest BCUT2D eigenvalue weighted by Gasteiger charge is 2.11. The summed E-state index contributed by atoms with van der Waals surface area (Å²) in [6, 6.07) is 3.33. The highest BCUT2D eigenvalue weighted by Crippen LogP contribution is 2.25. The maximum absolute atomic E-state index is 13.8. The van der Waals surface area contributed by atoms with Crippen LogP contribution in [0.4, 0.5) is 4.39 Å². The van der Waals surface area contributed by atoms with Gasteiger partial charge in [-0.05, 0) is 42.9 Å². The molecule has 0 aliphatic heterocycles. The summed E-state index contributed by atoms with van der Waals surface area (Å²) in [5.41, 5.74) is 1.78. The van der Waals surface area contributed by atoms with Gasteiger partial charge >= 0.3 is 0 Å². The first kappa shape index (κ1) is 13.0. The molecule has 0 unspecified atom stereocenters. The molecule has 1 aromatic carbocycles. The molecule has 1 aromatic rings. The molecule has 0 radical (unpaired) electrons. The van der Waals surface area contributed by atoms with E-state index in [-0.39, 0.29) is 5.75 Å². The average molecular weight is 224 g/mol. The summed E-state index contributed by atoms with van der Waals surface area (Å²) < 4.78 is 13.8. The van der Waals surface area contributed by atoms with Gasteiger partial charge < -0.3 is 5.11 Å². The van der Waals surface area contributed by atoms with Crippen LogP contribution in [0, 0.1) is 5.82 Å². The topological polar surface area (TPSA) is 20.2 Å². The van der Waals surface area contributed by atoms with Crippen LogP contribution in [0.5, 0.6) is 5.75 Å². The summed E-state index contributed by atoms with van der Waals surface area (Å²) in [6.45, 7) is 4.22. The third kappa shape index (κ3) is 3.22. The first-order valence-electron chi connectivity index (χ1n) is 6.19. The van der Waals surface area contributed by atoms with Crippen molar-refractivity contribution in [1.29, 1.82) is 0 Å². The smallest absolute Gasteiger partial charge is 0.168 e. The molecule has 0 bridgehead atoms. The number of benzene rings is 1. The maximum Gasteiger partial charge on any atom is 0.168 e. The van der Waals surface area contributed by atoms with Gasteiger partial charge in [-0.3, -0.25) is 0 Å². The van der Waals surface area contributed by atoms with Crippen LogP contribution in [0.1, 0.15) is 50.7 Å². The summed E-state index contributed by atoms with van der Waals surface area (Å²) in [4.78, 5) is 0. The fraction of sp³-hybridized carbons (Fsp3) is 0.571. The van der Waals surface area contributed by atoms with E-state index in [4.69, 9.17) is 0 Å². The molecule has 0 aliphatic carbocycles. The fourth-order valence-corrected chi connectivity index (χ4v) is 1.87. The van der Waals surface area contributed by atoms with Gasteiger partial charge in [-0.1, -0.05) is 32.8 Å². The van der Waals surface area contributed by atoms with Crippen molar-refractivity contribution in [3.05, 3.63) is 29.1 Å². The van der Waals surface area contributed by atoms with Crippen molar-refractivity contribution in [2.75, 3.05) is 0 Å². The molecule has 1 nitrogen and oxygen atoms in total. The zero-order valence-electron chi connectivity index (χ0n) is 10.2. The zero-order valence-corrected chi connectivity index (χ0v) is 10.2. The van der Waals surface area contributed by atoms with E-state index in [9.17, 15) is 9.50 Å². The van der Waals surface area contributed by atoms with Crippen LogP contribution in [0.2, 0.25) is 0 Å². The number of phenols is 1. The van der Waals surface area contributed by atoms with Gasteiger partial charge in [0.15, 0.2) is 11.6 Å². The normalized spacial score (nSPS) is 10.7. The van der Waals surface area contributed by atoms with Gasteiger partial charge in [-0.15, -0.1) is 0 Å². The Morgan fingerprint density at radius 1 is 1.06 bits per heavy atom. The van der Waals surface area contributed by atoms with Crippen LogP contribution in [-0.2, 0) is 12.8 Å². The minimum absolute atomic E-state index is 0.216. The monoisotopic (exact) mass is 224 g/mol. The Hall–Kier alpha value is -1.05. The molecule has 1 rings (SSSR count). The van der Waals surface area contributed by atoms with Gasteiger partial charge in [0.1, 0.15) is 0 Å². The number of halogens is 1. The third-order valence-corrected chi connectivity index (χ3v) is 2.90. The molecule has 90 valence electrons. The molecular formula is C14H21FO. The van der Waals surface area contributed by atoms with E-state index < -0.39 is 5.82 Å². The predicted molar refractivity (Wildman–Crippen MR) is 65.3 cm³/mol. The SMILES string of the molecule is CCCCc1ccc(O)c(F)c1CCCC. The maximum atomic E-state index is 13.8. The molecule has 0 heterocycles. The van der Waals surface area contributed by atoms with Gasteiger partial charge in [0.2, 0.25) is 0 Å². The summed E-state index contributed by atoms with van der Waals surface area (Å²) >= 11 is 0. The second kappa shape index (κ2) is 6.51. The van der Waals surface area contributed by atoms with Crippen molar-refractivity contribution in [3.8, 4) is 5.75 Å². The number of rotatable bonds is 6. The number of aromatic hydroxyl groups is 1. The van der Waals surface area contributed by atoms with E-state index in [1.165, 1.54) is 6.07 Å². The van der Waals surface area contributed by atoms with Crippen LogP contribution in [0.15, 0.2) is 12.1 Å². The molecule has 0 fully saturated rings. The highest BCUT2D eigenvalue weighted by molar-refractivity contribution is 5.37. The van der Waals surface area contributed by atoms with Crippen molar-refractivity contribution in [1.82, 2.24) is 0 Å². The Morgan fingerprint density at radius 3 is 2.31 bits per heavy atom. The number of phenolic OH excluding ortho intramolecular Hbond substituents is 1. The largest absolute Gasteiger partial charge is 0.505 e. The summed E-state index contributed by atoms with van der Waals surface area (Å²) in [6.07, 6.45) is 5.84. The van der Waals surface area contributed by atoms with E-state index in [1.54, 1.807) is 0 Å². The predicted octanol–water partition coefficient (Wildman–Crippen LogP) is 4.22. The van der Waals surface area contributed by atoms with Crippen LogP contribution >= 0.6 is 0 Å². The molecule has 16 heavy (non-hydrogen) atoms. The van der Waals surface area contributed by atoms with Crippen LogP contribution in [-0.4, -0.2) is 5.11 Å². The molecular weight excluding hydrogens is 203 g/mol. The number of unbranched alkanes of at least 4 members (excludes halogenated alkanes) is 2. The average Bonchev–Trinajstić information content (AvgIpc) is 2.29. The van der Waals surface area contributed by atoms with Crippen molar-refractivity contribution in [3.63, 3.8) is 0 Å². The Balaban J connectivity index is 2.91. The highest BCUT2D eigenvalue weighted by atomic mass is 19.1. The van der Waals surface area contributed by atoms with Gasteiger partial charge in [0.05, 0.1) is 0 Å². The number of hydrogen-bond donors (Lipinski definition) is 1. The second-order valence-electron chi connectivity index (χ2n) is 4.24. The van der Waals surface area contributed by atoms with Gasteiger partial charge in [-0.2, -0.15) is 0 Å². The van der Waals surface area contributed by atoms with Gasteiger partial charge in [-0.25, -0.2) is 4.39 Å². The van der Waals surface area contributed by atoms with Crippen molar-refractivity contribution >= 4 is 0 Å². The van der Waals surface area contributed by atoms with Gasteiger partial charge in [0, 0.05) is 0 Å². The Morgan fingerprint density at radius 2 is 1.69 bits per heavy atom. The molecule has 0 aliphatic rings. The van der Waals surface area contributed by atoms with Crippen LogP contribution in [0.3, 0.4) is 0 Å². The molecule has 0 amide bonds. The lowest BCUT2D eigenvalue weighted by molar-refractivity contribution is 0.427. The first-order valence-corrected chi connectivity index (χ1v) is 6.19. The molecule has 0 saturated heterocycles. The van der Waals surface area contributed by atoms with E-state index in [2.05, 4.69) is 13.8 Å². The lowest BCUT2D eigenvalue weighted by Crippen LogP contribution is -1.99. The summed E-state index contributed by atoms with van der Waals surface area (Å²) in [7, 11) is 0. The quantitative estimate of drug-likeness (QED) is 0.767. The molecule has 0 spiro atoms. The summed E-state index contributed by atoms with van der Waals surface area (Å²) in [5.74, 6) is -0.631. The van der Waals surface area contributed by atoms with E-state index >= 15 is 0 Å². The minimum Gasteiger partial charge on any atom is -0.505 e. The second-order valence-corrected chi connectivity index (χ2v) is 4.24. The van der Waals surface area contributed by atoms with E-state index in [1.807, 2.05) is 6.07 Å². The van der Waals surface area contributed by atoms with Crippen LogP contribution in [0.25, 0.3) is 0 Å². The molecule has 1 N–H and O–H groups in total. The Bertz CT molecular complexity index is 334. The van der Waals surface area contributed by atoms with Crippen molar-refractivity contribution < 1.29 is 9.50 Å². The first-order chi connectivity index (χ1) is 7.70. The van der Waals surface area contributed by atoms with Gasteiger partial charge in [0.25, 0.3) is 0 Å². The number of aryl methyl sites for hydroxylation is 1. The molecule has 0 aromatic heterocycles. The van der Waals surface area contributed by atoms with Crippen molar-refractivity contribution in [2.45, 2.75) is 52.4 Å². The Labute approximate surface area is 97.3 Å². The standard InChI is InChI=1S/C14H21FO/c1-3-5-7-11-9-10-13(16)14(15)12(11)8-6-4-2/h9-10,16H,3-8H2,1-2H3. The summed E-state index contributed by atoms with van der Waals surface area (Å²) in [5, 5.41) is 9.37. The third-order valence-electron chi connectivity index (χ3n) is 2.90. The lowest BCUT2D eigenvalue weighted by atomic mass is 9.97. The molecule has 0 atom stereocenters. The van der Waals surface area contributed by atoms with E-state index in [0.717, 1.165) is 49.7 Å². The zero-order chi connectivity index (χ0) is 12.0. The lowest BCUT2D eigenvalue weighted by Gasteiger charge is -2.11. The van der Waals surface area contributed by atoms with E-state index in [0.29, 0.717) is 0 Å². The number of hydrogen-bond acceptors (Lipinski definition) is 1. The Kier molecular flexibility index (Phi) is 5.30. The molecule has 2 heteroatoms. The van der Waals surface area contributed by atoms with Crippen molar-refractivity contribution in [2.24, 2.45) is 0 Å².